The number of hydrogen-bond acceptors (Lipinski definition) is 5. The summed E-state index contributed by atoms with van der Waals surface area (Å²) in [4.78, 5) is 10.9. The SMILES string of the molecule is CC1(C)Oc2ccc(S(=O)(=O)NCC(=O)O)cc2CC1Cc1cc(C#N)cc(-c2cccc3ccccc23)c1. The number of carboxylic acids is 1. The van der Waals surface area contributed by atoms with E-state index < -0.39 is 28.1 Å². The molecular weight excluding hydrogens is 512 g/mol. The predicted molar refractivity (Wildman–Crippen MR) is 149 cm³/mol. The summed E-state index contributed by atoms with van der Waals surface area (Å²) < 4.78 is 33.6. The lowest BCUT2D eigenvalue weighted by Gasteiger charge is -2.40. The van der Waals surface area contributed by atoms with Crippen molar-refractivity contribution in [1.29, 1.82) is 5.26 Å². The van der Waals surface area contributed by atoms with E-state index in [1.807, 2.05) is 44.2 Å². The van der Waals surface area contributed by atoms with Crippen LogP contribution in [0.1, 0.15) is 30.5 Å². The molecule has 1 aliphatic rings. The number of nitriles is 1. The van der Waals surface area contributed by atoms with E-state index in [1.54, 1.807) is 12.1 Å². The first kappa shape index (κ1) is 26.4. The number of rotatable bonds is 7. The molecule has 1 heterocycles. The molecule has 8 heteroatoms. The number of carboxylic acid groups (broad SMARTS) is 1. The first-order valence-corrected chi connectivity index (χ1v) is 14.1. The third kappa shape index (κ3) is 5.51. The van der Waals surface area contributed by atoms with E-state index >= 15 is 0 Å². The van der Waals surface area contributed by atoms with Crippen LogP contribution < -0.4 is 9.46 Å². The fraction of sp³-hybridized carbons (Fsp3) is 0.226. The molecule has 0 bridgehead atoms. The normalized spacial score (nSPS) is 16.2. The third-order valence-electron chi connectivity index (χ3n) is 7.28. The highest BCUT2D eigenvalue weighted by atomic mass is 32.2. The monoisotopic (exact) mass is 540 g/mol. The largest absolute Gasteiger partial charge is 0.487 e. The maximum Gasteiger partial charge on any atom is 0.318 e. The van der Waals surface area contributed by atoms with Crippen LogP contribution in [0.2, 0.25) is 0 Å². The highest BCUT2D eigenvalue weighted by Crippen LogP contribution is 2.40. The first-order valence-electron chi connectivity index (χ1n) is 12.6. The minimum atomic E-state index is -3.98. The maximum absolute atomic E-state index is 12.6. The summed E-state index contributed by atoms with van der Waals surface area (Å²) >= 11 is 0. The minimum absolute atomic E-state index is 0.00530. The van der Waals surface area contributed by atoms with Crippen molar-refractivity contribution < 1.29 is 23.1 Å². The number of nitrogens with zero attached hydrogens (tertiary/aromatic N) is 1. The molecule has 4 aromatic rings. The van der Waals surface area contributed by atoms with E-state index in [1.165, 1.54) is 6.07 Å². The zero-order valence-corrected chi connectivity index (χ0v) is 22.5. The van der Waals surface area contributed by atoms with E-state index in [0.29, 0.717) is 24.2 Å². The van der Waals surface area contributed by atoms with Crippen LogP contribution >= 0.6 is 0 Å². The van der Waals surface area contributed by atoms with Crippen molar-refractivity contribution in [2.45, 2.75) is 37.2 Å². The molecule has 5 rings (SSSR count). The van der Waals surface area contributed by atoms with E-state index in [2.05, 4.69) is 41.1 Å². The van der Waals surface area contributed by atoms with Crippen LogP contribution in [0, 0.1) is 17.2 Å². The molecule has 0 radical (unpaired) electrons. The Bertz CT molecular complexity index is 1730. The van der Waals surface area contributed by atoms with Gasteiger partial charge in [-0.25, -0.2) is 8.42 Å². The highest BCUT2D eigenvalue weighted by molar-refractivity contribution is 7.89. The first-order chi connectivity index (χ1) is 18.6. The van der Waals surface area contributed by atoms with Crippen molar-refractivity contribution in [2.24, 2.45) is 5.92 Å². The number of fused-ring (bicyclic) bond motifs is 2. The average Bonchev–Trinajstić information content (AvgIpc) is 2.91. The Labute approximate surface area is 227 Å². The number of hydrogen-bond donors (Lipinski definition) is 2. The number of sulfonamides is 1. The van der Waals surface area contributed by atoms with Crippen LogP contribution in [0.5, 0.6) is 5.75 Å². The van der Waals surface area contributed by atoms with Crippen LogP contribution in [0.25, 0.3) is 21.9 Å². The van der Waals surface area contributed by atoms with Gasteiger partial charge in [0.1, 0.15) is 17.9 Å². The second-order valence-corrected chi connectivity index (χ2v) is 12.1. The smallest absolute Gasteiger partial charge is 0.318 e. The second kappa shape index (κ2) is 10.2. The lowest BCUT2D eigenvalue weighted by Crippen LogP contribution is -2.43. The minimum Gasteiger partial charge on any atom is -0.487 e. The van der Waals surface area contributed by atoms with Crippen molar-refractivity contribution in [3.05, 3.63) is 95.6 Å². The molecule has 7 nitrogen and oxygen atoms in total. The third-order valence-corrected chi connectivity index (χ3v) is 8.68. The molecule has 2 N–H and O–H groups in total. The van der Waals surface area contributed by atoms with Gasteiger partial charge in [-0.2, -0.15) is 9.98 Å². The van der Waals surface area contributed by atoms with Gasteiger partial charge < -0.3 is 9.84 Å². The van der Waals surface area contributed by atoms with Gasteiger partial charge in [0.2, 0.25) is 10.0 Å². The van der Waals surface area contributed by atoms with Crippen molar-refractivity contribution in [3.63, 3.8) is 0 Å². The lowest BCUT2D eigenvalue weighted by molar-refractivity contribution is -0.135. The van der Waals surface area contributed by atoms with Gasteiger partial charge in [0.05, 0.1) is 16.5 Å². The van der Waals surface area contributed by atoms with Gasteiger partial charge in [-0.3, -0.25) is 4.79 Å². The Balaban J connectivity index is 1.48. The Morgan fingerprint density at radius 1 is 1.08 bits per heavy atom. The van der Waals surface area contributed by atoms with E-state index in [4.69, 9.17) is 9.84 Å². The Morgan fingerprint density at radius 3 is 2.62 bits per heavy atom. The van der Waals surface area contributed by atoms with Crippen molar-refractivity contribution in [1.82, 2.24) is 4.72 Å². The Morgan fingerprint density at radius 2 is 1.85 bits per heavy atom. The molecule has 1 atom stereocenters. The molecule has 0 aromatic heterocycles. The summed E-state index contributed by atoms with van der Waals surface area (Å²) in [5.41, 5.74) is 3.78. The molecule has 39 heavy (non-hydrogen) atoms. The van der Waals surface area contributed by atoms with Gasteiger partial charge in [0.25, 0.3) is 0 Å². The summed E-state index contributed by atoms with van der Waals surface area (Å²) in [5, 5.41) is 20.9. The molecule has 198 valence electrons. The van der Waals surface area contributed by atoms with Gasteiger partial charge in [-0.1, -0.05) is 48.5 Å². The quantitative estimate of drug-likeness (QED) is 0.328. The van der Waals surface area contributed by atoms with Crippen LogP contribution in [0.15, 0.2) is 83.8 Å². The molecule has 1 unspecified atom stereocenters. The molecule has 0 amide bonds. The highest BCUT2D eigenvalue weighted by Gasteiger charge is 2.37. The topological polar surface area (TPSA) is 116 Å². The van der Waals surface area contributed by atoms with E-state index in [-0.39, 0.29) is 10.8 Å². The summed E-state index contributed by atoms with van der Waals surface area (Å²) in [7, 11) is -3.98. The Kier molecular flexibility index (Phi) is 6.89. The molecule has 0 saturated carbocycles. The van der Waals surface area contributed by atoms with Crippen molar-refractivity contribution in [3.8, 4) is 22.9 Å². The number of benzene rings is 4. The van der Waals surface area contributed by atoms with Gasteiger partial charge in [-0.05, 0) is 90.0 Å². The fourth-order valence-electron chi connectivity index (χ4n) is 5.21. The number of ether oxygens (including phenoxy) is 1. The van der Waals surface area contributed by atoms with E-state index in [0.717, 1.165) is 33.0 Å². The average molecular weight is 541 g/mol. The van der Waals surface area contributed by atoms with Crippen LogP contribution in [-0.4, -0.2) is 31.6 Å². The summed E-state index contributed by atoms with van der Waals surface area (Å²) in [6, 6.07) is 27.1. The lowest BCUT2D eigenvalue weighted by atomic mass is 9.78. The molecule has 1 aliphatic heterocycles. The zero-order chi connectivity index (χ0) is 27.8. The maximum atomic E-state index is 12.6. The van der Waals surface area contributed by atoms with Crippen LogP contribution in [-0.2, 0) is 27.7 Å². The van der Waals surface area contributed by atoms with Crippen LogP contribution in [0.4, 0.5) is 0 Å². The molecule has 0 spiro atoms. The van der Waals surface area contributed by atoms with Gasteiger partial charge in [0, 0.05) is 5.92 Å². The van der Waals surface area contributed by atoms with Crippen LogP contribution in [0.3, 0.4) is 0 Å². The number of nitrogens with one attached hydrogen (secondary N) is 1. The van der Waals surface area contributed by atoms with Gasteiger partial charge in [-0.15, -0.1) is 0 Å². The standard InChI is InChI=1S/C31H28N2O5S/c1-31(2)25(16-24-17-26(10-11-29(24)38-31)39(36,37)33-19-30(34)35)15-20-12-21(18-32)14-23(13-20)28-9-5-7-22-6-3-4-8-27(22)28/h3-14,17,25,33H,15-16,19H2,1-2H3,(H,34,35). The van der Waals surface area contributed by atoms with Gasteiger partial charge in [0.15, 0.2) is 0 Å². The number of carbonyl (C=O) groups is 1. The summed E-state index contributed by atoms with van der Waals surface area (Å²) in [5.74, 6) is -0.663. The van der Waals surface area contributed by atoms with Gasteiger partial charge >= 0.3 is 5.97 Å². The summed E-state index contributed by atoms with van der Waals surface area (Å²) in [6.45, 7) is 3.33. The fourth-order valence-corrected chi connectivity index (χ4v) is 6.23. The van der Waals surface area contributed by atoms with E-state index in [9.17, 15) is 18.5 Å². The number of aliphatic carboxylic acids is 1. The summed E-state index contributed by atoms with van der Waals surface area (Å²) in [6.07, 6.45) is 1.18. The molecule has 0 fully saturated rings. The molecular formula is C31H28N2O5S. The molecule has 0 aliphatic carbocycles. The Hall–Kier alpha value is -4.19. The van der Waals surface area contributed by atoms with Crippen molar-refractivity contribution >= 4 is 26.8 Å². The second-order valence-electron chi connectivity index (χ2n) is 10.4. The zero-order valence-electron chi connectivity index (χ0n) is 21.6. The van der Waals surface area contributed by atoms with Crippen molar-refractivity contribution in [2.75, 3.05) is 6.54 Å². The molecule has 4 aromatic carbocycles. The molecule has 0 saturated heterocycles. The predicted octanol–water partition coefficient (Wildman–Crippen LogP) is 5.31.